The van der Waals surface area contributed by atoms with Gasteiger partial charge in [0.2, 0.25) is 0 Å². The van der Waals surface area contributed by atoms with Crippen LogP contribution >= 0.6 is 0 Å². The van der Waals surface area contributed by atoms with Crippen molar-refractivity contribution in [2.45, 2.75) is 0 Å². The molecule has 2 aromatic rings. The van der Waals surface area contributed by atoms with E-state index in [0.717, 1.165) is 0 Å². The van der Waals surface area contributed by atoms with Crippen molar-refractivity contribution in [1.29, 1.82) is 0 Å². The van der Waals surface area contributed by atoms with Gasteiger partial charge in [-0.3, -0.25) is 14.5 Å². The van der Waals surface area contributed by atoms with Crippen molar-refractivity contribution in [3.63, 3.8) is 0 Å². The lowest BCUT2D eigenvalue weighted by Crippen LogP contribution is -2.16. The molecule has 0 aliphatic carbocycles. The molecule has 2 aromatic heterocycles. The third-order valence-electron chi connectivity index (χ3n) is 1.49. The second kappa shape index (κ2) is 2.65. The number of aromatic amines is 1. The summed E-state index contributed by atoms with van der Waals surface area (Å²) < 4.78 is 1.41. The Kier molecular flexibility index (Phi) is 1.51. The molecule has 1 N–H and O–H groups in total. The largest absolute Gasteiger partial charge is 0.284 e. The average molecular weight is 160 g/mol. The molecule has 2 heterocycles. The number of hydrogen-bond donors (Lipinski definition) is 1. The average Bonchev–Trinajstić information content (AvgIpc) is 2.57. The maximum absolute atomic E-state index is 11.2. The molecular weight excluding hydrogens is 154 g/mol. The molecule has 1 radical (unpaired) electrons. The minimum atomic E-state index is -0.204. The van der Waals surface area contributed by atoms with Crippen LogP contribution in [0.5, 0.6) is 0 Å². The van der Waals surface area contributed by atoms with Crippen LogP contribution in [-0.4, -0.2) is 14.8 Å². The first kappa shape index (κ1) is 6.84. The van der Waals surface area contributed by atoms with Crippen LogP contribution in [0.15, 0.2) is 35.4 Å². The van der Waals surface area contributed by atoms with E-state index in [-0.39, 0.29) is 5.56 Å². The minimum absolute atomic E-state index is 0.204. The number of nitrogens with one attached hydrogen (secondary N) is 1. The molecule has 4 heteroatoms. The smallest absolute Gasteiger partial charge is 0.264 e. The fourth-order valence-electron chi connectivity index (χ4n) is 0.953. The van der Waals surface area contributed by atoms with Crippen LogP contribution in [0.1, 0.15) is 0 Å². The fourth-order valence-corrected chi connectivity index (χ4v) is 0.953. The Balaban J connectivity index is 2.63. The van der Waals surface area contributed by atoms with Crippen LogP contribution in [0.2, 0.25) is 0 Å². The van der Waals surface area contributed by atoms with E-state index < -0.39 is 0 Å². The van der Waals surface area contributed by atoms with Crippen LogP contribution in [0, 0.1) is 6.07 Å². The van der Waals surface area contributed by atoms with Gasteiger partial charge in [-0.15, -0.1) is 0 Å². The first-order valence-corrected chi connectivity index (χ1v) is 3.47. The highest BCUT2D eigenvalue weighted by atomic mass is 16.1. The van der Waals surface area contributed by atoms with Gasteiger partial charge in [-0.05, 0) is 12.1 Å². The van der Waals surface area contributed by atoms with Crippen molar-refractivity contribution in [3.8, 4) is 5.82 Å². The second-order valence-corrected chi connectivity index (χ2v) is 2.26. The molecule has 12 heavy (non-hydrogen) atoms. The maximum atomic E-state index is 11.2. The van der Waals surface area contributed by atoms with E-state index in [1.54, 1.807) is 30.6 Å². The van der Waals surface area contributed by atoms with E-state index in [4.69, 9.17) is 0 Å². The molecule has 4 nitrogen and oxygen atoms in total. The zero-order chi connectivity index (χ0) is 8.39. The van der Waals surface area contributed by atoms with Gasteiger partial charge in [0.25, 0.3) is 5.56 Å². The zero-order valence-electron chi connectivity index (χ0n) is 6.19. The number of pyridine rings is 1. The molecule has 0 aromatic carbocycles. The highest BCUT2D eigenvalue weighted by Crippen LogP contribution is 1.95. The minimum Gasteiger partial charge on any atom is -0.284 e. The van der Waals surface area contributed by atoms with Crippen LogP contribution in [0.25, 0.3) is 5.82 Å². The fraction of sp³-hybridized carbons (Fsp3) is 0. The Bertz CT molecular complexity index is 416. The predicted octanol–water partition coefficient (Wildman–Crippen LogP) is 0.361. The lowest BCUT2D eigenvalue weighted by molar-refractivity contribution is 0.915. The SMILES string of the molecule is O=c1[c]cccn1-c1cc[nH]n1. The molecule has 0 fully saturated rings. The topological polar surface area (TPSA) is 50.7 Å². The number of hydrogen-bond acceptors (Lipinski definition) is 2. The summed E-state index contributed by atoms with van der Waals surface area (Å²) in [5, 5.41) is 6.50. The van der Waals surface area contributed by atoms with E-state index in [1.807, 2.05) is 0 Å². The van der Waals surface area contributed by atoms with Gasteiger partial charge in [0.15, 0.2) is 5.82 Å². The summed E-state index contributed by atoms with van der Waals surface area (Å²) >= 11 is 0. The first-order valence-electron chi connectivity index (χ1n) is 3.47. The van der Waals surface area contributed by atoms with Crippen molar-refractivity contribution >= 4 is 0 Å². The van der Waals surface area contributed by atoms with Gasteiger partial charge in [0.1, 0.15) is 0 Å². The van der Waals surface area contributed by atoms with Crippen molar-refractivity contribution in [2.75, 3.05) is 0 Å². The van der Waals surface area contributed by atoms with Crippen LogP contribution in [-0.2, 0) is 0 Å². The summed E-state index contributed by atoms with van der Waals surface area (Å²) in [6.45, 7) is 0. The molecule has 0 spiro atoms. The highest BCUT2D eigenvalue weighted by Gasteiger charge is 1.97. The van der Waals surface area contributed by atoms with E-state index >= 15 is 0 Å². The molecular formula is C8H6N3O. The Morgan fingerprint density at radius 2 is 2.50 bits per heavy atom. The summed E-state index contributed by atoms with van der Waals surface area (Å²) in [6.07, 6.45) is 3.31. The monoisotopic (exact) mass is 160 g/mol. The highest BCUT2D eigenvalue weighted by molar-refractivity contribution is 5.19. The van der Waals surface area contributed by atoms with E-state index in [1.165, 1.54) is 4.57 Å². The quantitative estimate of drug-likeness (QED) is 0.654. The van der Waals surface area contributed by atoms with Crippen molar-refractivity contribution in [2.24, 2.45) is 0 Å². The number of rotatable bonds is 1. The van der Waals surface area contributed by atoms with Gasteiger partial charge in [0.05, 0.1) is 6.07 Å². The first-order chi connectivity index (χ1) is 5.88. The maximum Gasteiger partial charge on any atom is 0.264 e. The number of H-pyrrole nitrogens is 1. The molecule has 0 unspecified atom stereocenters. The normalized spacial score (nSPS) is 10.0. The number of aromatic nitrogens is 3. The van der Waals surface area contributed by atoms with Crippen LogP contribution in [0.3, 0.4) is 0 Å². The molecule has 0 aliphatic rings. The van der Waals surface area contributed by atoms with Gasteiger partial charge < -0.3 is 0 Å². The Hall–Kier alpha value is -1.84. The Morgan fingerprint density at radius 1 is 1.58 bits per heavy atom. The Labute approximate surface area is 68.5 Å². The van der Waals surface area contributed by atoms with Crippen LogP contribution < -0.4 is 5.56 Å². The standard InChI is InChI=1S/C8H6N3O/c12-8-3-1-2-6-11(8)7-4-5-9-10-7/h1-2,4-6H,(H,9,10). The van der Waals surface area contributed by atoms with Crippen molar-refractivity contribution in [1.82, 2.24) is 14.8 Å². The number of nitrogens with zero attached hydrogens (tertiary/aromatic N) is 2. The molecule has 0 amide bonds. The molecule has 0 atom stereocenters. The second-order valence-electron chi connectivity index (χ2n) is 2.26. The van der Waals surface area contributed by atoms with Crippen molar-refractivity contribution < 1.29 is 0 Å². The van der Waals surface area contributed by atoms with Gasteiger partial charge in [0, 0.05) is 18.5 Å². The summed E-state index contributed by atoms with van der Waals surface area (Å²) in [6, 6.07) is 7.57. The molecule has 0 bridgehead atoms. The van der Waals surface area contributed by atoms with E-state index in [0.29, 0.717) is 5.82 Å². The third kappa shape index (κ3) is 1.03. The van der Waals surface area contributed by atoms with Gasteiger partial charge in [-0.1, -0.05) is 0 Å². The summed E-state index contributed by atoms with van der Waals surface area (Å²) in [4.78, 5) is 11.2. The molecule has 0 aliphatic heterocycles. The van der Waals surface area contributed by atoms with Crippen molar-refractivity contribution in [3.05, 3.63) is 47.0 Å². The zero-order valence-corrected chi connectivity index (χ0v) is 6.19. The molecule has 0 saturated heterocycles. The van der Waals surface area contributed by atoms with E-state index in [9.17, 15) is 4.79 Å². The van der Waals surface area contributed by atoms with Gasteiger partial charge in [-0.25, -0.2) is 0 Å². The lowest BCUT2D eigenvalue weighted by Gasteiger charge is -1.96. The van der Waals surface area contributed by atoms with Gasteiger partial charge >= 0.3 is 0 Å². The predicted molar refractivity (Wildman–Crippen MR) is 43.0 cm³/mol. The third-order valence-corrected chi connectivity index (χ3v) is 1.49. The summed E-state index contributed by atoms with van der Waals surface area (Å²) in [5.41, 5.74) is -0.204. The summed E-state index contributed by atoms with van der Waals surface area (Å²) in [5.74, 6) is 0.580. The molecule has 2 rings (SSSR count). The lowest BCUT2D eigenvalue weighted by atomic mass is 10.4. The van der Waals surface area contributed by atoms with Gasteiger partial charge in [-0.2, -0.15) is 5.10 Å². The molecule has 0 saturated carbocycles. The summed E-state index contributed by atoms with van der Waals surface area (Å²) in [7, 11) is 0. The Morgan fingerprint density at radius 3 is 3.17 bits per heavy atom. The molecule has 59 valence electrons. The van der Waals surface area contributed by atoms with Crippen LogP contribution in [0.4, 0.5) is 0 Å². The van der Waals surface area contributed by atoms with E-state index in [2.05, 4.69) is 16.3 Å².